The Balaban J connectivity index is 1.98. The highest BCUT2D eigenvalue weighted by Gasteiger charge is 2.17. The minimum absolute atomic E-state index is 0.113. The normalized spacial score (nSPS) is 17.1. The summed E-state index contributed by atoms with van der Waals surface area (Å²) in [6.07, 6.45) is 1.52. The molecule has 1 aliphatic heterocycles. The molecule has 0 spiro atoms. The van der Waals surface area contributed by atoms with Crippen LogP contribution in [0.25, 0.3) is 0 Å². The van der Waals surface area contributed by atoms with Crippen LogP contribution >= 0.6 is 15.9 Å². The molecule has 1 aromatic carbocycles. The largest absolute Gasteiger partial charge is 0.402 e. The number of hydrogen-bond donors (Lipinski definition) is 1. The lowest BCUT2D eigenvalue weighted by atomic mass is 10.1. The van der Waals surface area contributed by atoms with E-state index < -0.39 is 0 Å². The van der Waals surface area contributed by atoms with E-state index in [1.165, 1.54) is 6.08 Å². The number of nitrogens with two attached hydrogens (primary N) is 1. The number of hydrogen-bond acceptors (Lipinski definition) is 4. The smallest absolute Gasteiger partial charge is 0.187 e. The van der Waals surface area contributed by atoms with Gasteiger partial charge in [0.15, 0.2) is 12.1 Å². The Morgan fingerprint density at radius 3 is 2.56 bits per heavy atom. The minimum atomic E-state index is -0.320. The third-order valence-electron chi connectivity index (χ3n) is 2.54. The van der Waals surface area contributed by atoms with Gasteiger partial charge in [0.05, 0.1) is 13.2 Å². The van der Waals surface area contributed by atoms with Crippen LogP contribution in [0.4, 0.5) is 0 Å². The molecule has 18 heavy (non-hydrogen) atoms. The maximum absolute atomic E-state index is 11.9. The lowest BCUT2D eigenvalue weighted by Crippen LogP contribution is -2.14. The lowest BCUT2D eigenvalue weighted by molar-refractivity contribution is -0.0401. The minimum Gasteiger partial charge on any atom is -0.402 e. The first-order valence-electron chi connectivity index (χ1n) is 5.64. The molecule has 0 atom stereocenters. The molecule has 0 aromatic heterocycles. The van der Waals surface area contributed by atoms with Crippen molar-refractivity contribution >= 4 is 21.7 Å². The van der Waals surface area contributed by atoms with Crippen LogP contribution in [0.15, 0.2) is 40.5 Å². The monoisotopic (exact) mass is 311 g/mol. The van der Waals surface area contributed by atoms with Crippen LogP contribution in [0.3, 0.4) is 0 Å². The number of allylic oxidation sites excluding steroid dienone is 1. The van der Waals surface area contributed by atoms with Crippen LogP contribution in [-0.4, -0.2) is 25.3 Å². The maximum atomic E-state index is 11.9. The van der Waals surface area contributed by atoms with Crippen molar-refractivity contribution in [3.8, 4) is 0 Å². The first kappa shape index (κ1) is 13.3. The van der Waals surface area contributed by atoms with Crippen LogP contribution < -0.4 is 5.73 Å². The zero-order chi connectivity index (χ0) is 13.0. The molecule has 2 rings (SSSR count). The van der Waals surface area contributed by atoms with Gasteiger partial charge in [0.25, 0.3) is 0 Å². The van der Waals surface area contributed by atoms with Gasteiger partial charge in [-0.2, -0.15) is 0 Å². The molecular formula is C13H14BrNO3. The van der Waals surface area contributed by atoms with E-state index in [1.54, 1.807) is 12.1 Å². The molecule has 1 aromatic rings. The van der Waals surface area contributed by atoms with Gasteiger partial charge in [-0.25, -0.2) is 0 Å². The summed E-state index contributed by atoms with van der Waals surface area (Å²) in [6, 6.07) is 7.14. The van der Waals surface area contributed by atoms with Crippen LogP contribution in [-0.2, 0) is 9.47 Å². The summed E-state index contributed by atoms with van der Waals surface area (Å²) in [7, 11) is 0. The van der Waals surface area contributed by atoms with E-state index in [2.05, 4.69) is 15.9 Å². The summed E-state index contributed by atoms with van der Waals surface area (Å²) in [5.74, 6) is -0.113. The van der Waals surface area contributed by atoms with Crippen molar-refractivity contribution in [2.45, 2.75) is 12.7 Å². The van der Waals surface area contributed by atoms with Crippen LogP contribution in [0.5, 0.6) is 0 Å². The van der Waals surface area contributed by atoms with E-state index in [4.69, 9.17) is 15.2 Å². The average molecular weight is 312 g/mol. The van der Waals surface area contributed by atoms with Gasteiger partial charge in [0.2, 0.25) is 0 Å². The first-order chi connectivity index (χ1) is 8.65. The average Bonchev–Trinajstić information content (AvgIpc) is 2.82. The molecule has 5 heteroatoms. The molecule has 1 fully saturated rings. The SMILES string of the molecule is N/C(=C\C(=O)c1ccc(Br)cc1)CC1OCCO1. The molecule has 2 N–H and O–H groups in total. The van der Waals surface area contributed by atoms with E-state index in [-0.39, 0.29) is 12.1 Å². The second-order valence-electron chi connectivity index (χ2n) is 3.97. The fourth-order valence-corrected chi connectivity index (χ4v) is 1.91. The van der Waals surface area contributed by atoms with Crippen LogP contribution in [0, 0.1) is 0 Å². The molecule has 1 saturated heterocycles. The topological polar surface area (TPSA) is 61.6 Å². The third kappa shape index (κ3) is 3.66. The Bertz CT molecular complexity index is 450. The van der Waals surface area contributed by atoms with Crippen LogP contribution in [0.2, 0.25) is 0 Å². The highest BCUT2D eigenvalue weighted by Crippen LogP contribution is 2.14. The first-order valence-corrected chi connectivity index (χ1v) is 6.43. The Kier molecular flexibility index (Phi) is 4.52. The Morgan fingerprint density at radius 2 is 1.94 bits per heavy atom. The summed E-state index contributed by atoms with van der Waals surface area (Å²) in [4.78, 5) is 11.9. The van der Waals surface area contributed by atoms with Crippen molar-refractivity contribution in [3.05, 3.63) is 46.1 Å². The van der Waals surface area contributed by atoms with Gasteiger partial charge in [-0.15, -0.1) is 0 Å². The van der Waals surface area contributed by atoms with Crippen molar-refractivity contribution in [2.24, 2.45) is 5.73 Å². The fraction of sp³-hybridized carbons (Fsp3) is 0.308. The van der Waals surface area contributed by atoms with Gasteiger partial charge in [-0.3, -0.25) is 4.79 Å². The second-order valence-corrected chi connectivity index (χ2v) is 4.88. The van der Waals surface area contributed by atoms with E-state index in [1.807, 2.05) is 12.1 Å². The van der Waals surface area contributed by atoms with Crippen molar-refractivity contribution in [1.82, 2.24) is 0 Å². The second kappa shape index (κ2) is 6.13. The summed E-state index contributed by atoms with van der Waals surface area (Å²) in [6.45, 7) is 1.16. The highest BCUT2D eigenvalue weighted by atomic mass is 79.9. The van der Waals surface area contributed by atoms with Crippen molar-refractivity contribution in [3.63, 3.8) is 0 Å². The molecule has 0 bridgehead atoms. The Labute approximate surface area is 114 Å². The number of rotatable bonds is 4. The Morgan fingerprint density at radius 1 is 1.33 bits per heavy atom. The van der Waals surface area contributed by atoms with Crippen molar-refractivity contribution in [1.29, 1.82) is 0 Å². The number of ether oxygens (including phenoxy) is 2. The quantitative estimate of drug-likeness (QED) is 0.684. The number of carbonyl (C=O) groups is 1. The molecule has 0 amide bonds. The predicted octanol–water partition coefficient (Wildman–Crippen LogP) is 2.24. The molecule has 0 unspecified atom stereocenters. The zero-order valence-electron chi connectivity index (χ0n) is 9.77. The van der Waals surface area contributed by atoms with E-state index >= 15 is 0 Å². The number of ketones is 1. The molecule has 4 nitrogen and oxygen atoms in total. The van der Waals surface area contributed by atoms with E-state index in [0.717, 1.165) is 4.47 Å². The molecule has 0 saturated carbocycles. The summed E-state index contributed by atoms with van der Waals surface area (Å²) in [5.41, 5.74) is 6.87. The molecule has 1 heterocycles. The number of halogens is 1. The maximum Gasteiger partial charge on any atom is 0.187 e. The molecular weight excluding hydrogens is 298 g/mol. The van der Waals surface area contributed by atoms with Gasteiger partial charge in [0, 0.05) is 28.2 Å². The van der Waals surface area contributed by atoms with Crippen molar-refractivity contribution in [2.75, 3.05) is 13.2 Å². The van der Waals surface area contributed by atoms with Gasteiger partial charge < -0.3 is 15.2 Å². The Hall–Kier alpha value is -1.17. The molecule has 96 valence electrons. The number of carbonyl (C=O) groups excluding carboxylic acids is 1. The van der Waals surface area contributed by atoms with E-state index in [0.29, 0.717) is 30.9 Å². The lowest BCUT2D eigenvalue weighted by Gasteiger charge is -2.08. The summed E-state index contributed by atoms with van der Waals surface area (Å²) in [5, 5.41) is 0. The predicted molar refractivity (Wildman–Crippen MR) is 71.1 cm³/mol. The molecule has 0 aliphatic carbocycles. The summed E-state index contributed by atoms with van der Waals surface area (Å²) < 4.78 is 11.5. The molecule has 0 radical (unpaired) electrons. The zero-order valence-corrected chi connectivity index (χ0v) is 11.4. The standard InChI is InChI=1S/C13H14BrNO3/c14-10-3-1-9(2-4-10)12(16)7-11(15)8-13-17-5-6-18-13/h1-4,7,13H,5-6,8,15H2/b11-7-. The fourth-order valence-electron chi connectivity index (χ4n) is 1.64. The third-order valence-corrected chi connectivity index (χ3v) is 3.07. The van der Waals surface area contributed by atoms with E-state index in [9.17, 15) is 4.79 Å². The molecule has 1 aliphatic rings. The van der Waals surface area contributed by atoms with Gasteiger partial charge in [0.1, 0.15) is 0 Å². The number of benzene rings is 1. The summed E-state index contributed by atoms with van der Waals surface area (Å²) >= 11 is 3.32. The van der Waals surface area contributed by atoms with Crippen LogP contribution in [0.1, 0.15) is 16.8 Å². The highest BCUT2D eigenvalue weighted by molar-refractivity contribution is 9.10. The van der Waals surface area contributed by atoms with Gasteiger partial charge in [-0.1, -0.05) is 15.9 Å². The van der Waals surface area contributed by atoms with Gasteiger partial charge >= 0.3 is 0 Å². The van der Waals surface area contributed by atoms with Gasteiger partial charge in [-0.05, 0) is 24.3 Å². The van der Waals surface area contributed by atoms with Crippen molar-refractivity contribution < 1.29 is 14.3 Å².